The fourth-order valence-electron chi connectivity index (χ4n) is 2.74. The fraction of sp³-hybridized carbons (Fsp3) is 0.529. The summed E-state index contributed by atoms with van der Waals surface area (Å²) < 4.78 is 0. The van der Waals surface area contributed by atoms with Gasteiger partial charge < -0.3 is 10.2 Å². The smallest absolute Gasteiger partial charge is 0.253 e. The van der Waals surface area contributed by atoms with Crippen LogP contribution in [0.3, 0.4) is 0 Å². The van der Waals surface area contributed by atoms with Crippen molar-refractivity contribution in [2.75, 3.05) is 20.1 Å². The summed E-state index contributed by atoms with van der Waals surface area (Å²) in [4.78, 5) is 25.9. The molecular formula is C17H24N2O2. The summed E-state index contributed by atoms with van der Waals surface area (Å²) in [5.74, 6) is 0.670. The van der Waals surface area contributed by atoms with Crippen LogP contribution in [0.15, 0.2) is 24.3 Å². The van der Waals surface area contributed by atoms with Gasteiger partial charge in [-0.3, -0.25) is 9.59 Å². The number of amides is 2. The number of piperidine rings is 1. The molecule has 4 heteroatoms. The molecule has 0 atom stereocenters. The van der Waals surface area contributed by atoms with Gasteiger partial charge in [-0.15, -0.1) is 0 Å². The summed E-state index contributed by atoms with van der Waals surface area (Å²) in [6.45, 7) is 5.59. The van der Waals surface area contributed by atoms with E-state index in [9.17, 15) is 9.59 Å². The van der Waals surface area contributed by atoms with Crippen molar-refractivity contribution in [2.45, 2.75) is 32.6 Å². The van der Waals surface area contributed by atoms with E-state index in [1.54, 1.807) is 7.05 Å². The largest absolute Gasteiger partial charge is 0.359 e. The number of carbonyl (C=O) groups is 2. The molecule has 4 nitrogen and oxygen atoms in total. The molecule has 1 aromatic carbocycles. The zero-order chi connectivity index (χ0) is 15.4. The standard InChI is InChI=1S/C17H24N2O2/c1-12(2)13-4-6-15(7-5-13)17(21)19-10-8-14(9-11-19)16(20)18-3/h4-7,12,14H,8-11H2,1-3H3,(H,18,20). The second-order valence-corrected chi connectivity index (χ2v) is 5.96. The van der Waals surface area contributed by atoms with E-state index in [0.717, 1.165) is 18.4 Å². The SMILES string of the molecule is CNC(=O)C1CCN(C(=O)c2ccc(C(C)C)cc2)CC1. The van der Waals surface area contributed by atoms with Gasteiger partial charge >= 0.3 is 0 Å². The van der Waals surface area contributed by atoms with Crippen LogP contribution in [0, 0.1) is 5.92 Å². The van der Waals surface area contributed by atoms with E-state index in [-0.39, 0.29) is 17.7 Å². The van der Waals surface area contributed by atoms with Crippen LogP contribution in [0.5, 0.6) is 0 Å². The van der Waals surface area contributed by atoms with Crippen molar-refractivity contribution in [3.8, 4) is 0 Å². The summed E-state index contributed by atoms with van der Waals surface area (Å²) in [5, 5.41) is 2.68. The molecule has 1 heterocycles. The minimum absolute atomic E-state index is 0.0439. The van der Waals surface area contributed by atoms with Crippen LogP contribution in [-0.4, -0.2) is 36.9 Å². The molecule has 1 N–H and O–H groups in total. The van der Waals surface area contributed by atoms with Crippen LogP contribution in [0.1, 0.15) is 48.5 Å². The molecule has 1 aliphatic rings. The van der Waals surface area contributed by atoms with Gasteiger partial charge in [-0.1, -0.05) is 26.0 Å². The van der Waals surface area contributed by atoms with E-state index in [1.807, 2.05) is 29.2 Å². The highest BCUT2D eigenvalue weighted by atomic mass is 16.2. The van der Waals surface area contributed by atoms with Crippen molar-refractivity contribution in [1.29, 1.82) is 0 Å². The van der Waals surface area contributed by atoms with Gasteiger partial charge in [0.1, 0.15) is 0 Å². The topological polar surface area (TPSA) is 49.4 Å². The normalized spacial score (nSPS) is 16.1. The lowest BCUT2D eigenvalue weighted by Crippen LogP contribution is -2.42. The van der Waals surface area contributed by atoms with E-state index >= 15 is 0 Å². The third-order valence-electron chi connectivity index (χ3n) is 4.22. The van der Waals surface area contributed by atoms with Gasteiger partial charge in [-0.05, 0) is 36.5 Å². The van der Waals surface area contributed by atoms with E-state index < -0.39 is 0 Å². The molecule has 2 rings (SSSR count). The lowest BCUT2D eigenvalue weighted by molar-refractivity contribution is -0.125. The molecule has 1 aliphatic heterocycles. The van der Waals surface area contributed by atoms with Gasteiger partial charge in [0.2, 0.25) is 5.91 Å². The Morgan fingerprint density at radius 1 is 1.14 bits per heavy atom. The Morgan fingerprint density at radius 2 is 1.71 bits per heavy atom. The van der Waals surface area contributed by atoms with Crippen LogP contribution in [0.25, 0.3) is 0 Å². The van der Waals surface area contributed by atoms with Crippen LogP contribution in [0.4, 0.5) is 0 Å². The number of rotatable bonds is 3. The molecule has 0 aromatic heterocycles. The molecule has 0 bridgehead atoms. The lowest BCUT2D eigenvalue weighted by atomic mass is 9.95. The second kappa shape index (κ2) is 6.74. The molecule has 2 amide bonds. The highest BCUT2D eigenvalue weighted by Gasteiger charge is 2.27. The molecule has 1 fully saturated rings. The summed E-state index contributed by atoms with van der Waals surface area (Å²) in [7, 11) is 1.66. The first-order valence-corrected chi connectivity index (χ1v) is 7.63. The number of likely N-dealkylation sites (tertiary alicyclic amines) is 1. The van der Waals surface area contributed by atoms with E-state index in [0.29, 0.717) is 19.0 Å². The molecule has 0 spiro atoms. The average Bonchev–Trinajstić information content (AvgIpc) is 2.53. The third-order valence-corrected chi connectivity index (χ3v) is 4.22. The molecule has 0 saturated carbocycles. The minimum Gasteiger partial charge on any atom is -0.359 e. The number of hydrogen-bond donors (Lipinski definition) is 1. The minimum atomic E-state index is 0.0439. The molecule has 0 radical (unpaired) electrons. The van der Waals surface area contributed by atoms with Gasteiger partial charge in [-0.25, -0.2) is 0 Å². The molecule has 1 saturated heterocycles. The Morgan fingerprint density at radius 3 is 2.19 bits per heavy atom. The summed E-state index contributed by atoms with van der Waals surface area (Å²) >= 11 is 0. The predicted octanol–water partition coefficient (Wildman–Crippen LogP) is 2.41. The first-order chi connectivity index (χ1) is 10.0. The third kappa shape index (κ3) is 3.63. The van der Waals surface area contributed by atoms with Crippen LogP contribution >= 0.6 is 0 Å². The zero-order valence-electron chi connectivity index (χ0n) is 13.1. The number of carbonyl (C=O) groups excluding carboxylic acids is 2. The molecule has 21 heavy (non-hydrogen) atoms. The lowest BCUT2D eigenvalue weighted by Gasteiger charge is -2.31. The highest BCUT2D eigenvalue weighted by Crippen LogP contribution is 2.20. The molecule has 1 aromatic rings. The van der Waals surface area contributed by atoms with Crippen molar-refractivity contribution < 1.29 is 9.59 Å². The van der Waals surface area contributed by atoms with Crippen molar-refractivity contribution in [2.24, 2.45) is 5.92 Å². The Balaban J connectivity index is 1.97. The number of benzene rings is 1. The van der Waals surface area contributed by atoms with E-state index in [2.05, 4.69) is 19.2 Å². The Kier molecular flexibility index (Phi) is 4.99. The Labute approximate surface area is 126 Å². The average molecular weight is 288 g/mol. The number of nitrogens with zero attached hydrogens (tertiary/aromatic N) is 1. The number of nitrogens with one attached hydrogen (secondary N) is 1. The molecule has 0 unspecified atom stereocenters. The molecule has 114 valence electrons. The Bertz CT molecular complexity index is 500. The highest BCUT2D eigenvalue weighted by molar-refractivity contribution is 5.94. The summed E-state index contributed by atoms with van der Waals surface area (Å²) in [6, 6.07) is 7.86. The van der Waals surface area contributed by atoms with Crippen molar-refractivity contribution in [3.05, 3.63) is 35.4 Å². The van der Waals surface area contributed by atoms with Gasteiger partial charge in [0.25, 0.3) is 5.91 Å². The summed E-state index contributed by atoms with van der Waals surface area (Å²) in [5.41, 5.74) is 1.97. The van der Waals surface area contributed by atoms with Crippen molar-refractivity contribution >= 4 is 11.8 Å². The maximum atomic E-state index is 12.5. The molecular weight excluding hydrogens is 264 g/mol. The van der Waals surface area contributed by atoms with Crippen LogP contribution in [0.2, 0.25) is 0 Å². The van der Waals surface area contributed by atoms with E-state index in [1.165, 1.54) is 5.56 Å². The van der Waals surface area contributed by atoms with Crippen LogP contribution < -0.4 is 5.32 Å². The monoisotopic (exact) mass is 288 g/mol. The Hall–Kier alpha value is -1.84. The van der Waals surface area contributed by atoms with Gasteiger partial charge in [0.15, 0.2) is 0 Å². The second-order valence-electron chi connectivity index (χ2n) is 5.96. The van der Waals surface area contributed by atoms with Gasteiger partial charge in [0.05, 0.1) is 0 Å². The predicted molar refractivity (Wildman–Crippen MR) is 83.2 cm³/mol. The quantitative estimate of drug-likeness (QED) is 0.928. The first-order valence-electron chi connectivity index (χ1n) is 7.63. The van der Waals surface area contributed by atoms with Crippen molar-refractivity contribution in [3.63, 3.8) is 0 Å². The van der Waals surface area contributed by atoms with Crippen LogP contribution in [-0.2, 0) is 4.79 Å². The zero-order valence-corrected chi connectivity index (χ0v) is 13.1. The first kappa shape index (κ1) is 15.5. The number of hydrogen-bond acceptors (Lipinski definition) is 2. The van der Waals surface area contributed by atoms with E-state index in [4.69, 9.17) is 0 Å². The van der Waals surface area contributed by atoms with Crippen molar-refractivity contribution in [1.82, 2.24) is 10.2 Å². The maximum absolute atomic E-state index is 12.5. The molecule has 0 aliphatic carbocycles. The van der Waals surface area contributed by atoms with Gasteiger partial charge in [0, 0.05) is 31.6 Å². The maximum Gasteiger partial charge on any atom is 0.253 e. The summed E-state index contributed by atoms with van der Waals surface area (Å²) in [6.07, 6.45) is 1.49. The fourth-order valence-corrected chi connectivity index (χ4v) is 2.74. The van der Waals surface area contributed by atoms with Gasteiger partial charge in [-0.2, -0.15) is 0 Å².